The number of aliphatic hydroxyl groups is 1. The van der Waals surface area contributed by atoms with Gasteiger partial charge in [0.25, 0.3) is 0 Å². The number of hydrogen-bond donors (Lipinski definition) is 1. The van der Waals surface area contributed by atoms with Gasteiger partial charge in [0.2, 0.25) is 0 Å². The van der Waals surface area contributed by atoms with Gasteiger partial charge in [0.15, 0.2) is 0 Å². The highest BCUT2D eigenvalue weighted by Crippen LogP contribution is 2.21. The summed E-state index contributed by atoms with van der Waals surface area (Å²) in [7, 11) is 0. The van der Waals surface area contributed by atoms with Gasteiger partial charge in [0.1, 0.15) is 0 Å². The summed E-state index contributed by atoms with van der Waals surface area (Å²) in [5.74, 6) is 0. The zero-order chi connectivity index (χ0) is 10.7. The summed E-state index contributed by atoms with van der Waals surface area (Å²) >= 11 is 0. The predicted molar refractivity (Wildman–Crippen MR) is 57.3 cm³/mol. The van der Waals surface area contributed by atoms with Crippen molar-refractivity contribution >= 4 is 0 Å². The van der Waals surface area contributed by atoms with Gasteiger partial charge in [0, 0.05) is 31.7 Å². The van der Waals surface area contributed by atoms with Crippen molar-refractivity contribution in [2.75, 3.05) is 13.1 Å². The Morgan fingerprint density at radius 3 is 2.73 bits per heavy atom. The van der Waals surface area contributed by atoms with Crippen LogP contribution in [0.3, 0.4) is 0 Å². The van der Waals surface area contributed by atoms with Gasteiger partial charge in [0.05, 0.1) is 17.8 Å². The third-order valence-corrected chi connectivity index (χ3v) is 3.06. The zero-order valence-corrected chi connectivity index (χ0v) is 9.00. The lowest BCUT2D eigenvalue weighted by Gasteiger charge is -2.33. The Morgan fingerprint density at radius 2 is 2.13 bits per heavy atom. The second kappa shape index (κ2) is 4.68. The van der Waals surface area contributed by atoms with E-state index in [-0.39, 0.29) is 6.10 Å². The molecule has 1 aliphatic rings. The smallest absolute Gasteiger partial charge is 0.0755 e. The molecule has 4 heteroatoms. The topological polar surface area (TPSA) is 49.2 Å². The fraction of sp³-hybridized carbons (Fsp3) is 0.636. The van der Waals surface area contributed by atoms with Crippen LogP contribution in [0.4, 0.5) is 0 Å². The molecule has 1 aliphatic heterocycles. The fourth-order valence-electron chi connectivity index (χ4n) is 1.99. The van der Waals surface area contributed by atoms with Gasteiger partial charge < -0.3 is 5.11 Å². The van der Waals surface area contributed by atoms with Crippen molar-refractivity contribution in [3.63, 3.8) is 0 Å². The highest BCUT2D eigenvalue weighted by atomic mass is 16.3. The molecule has 2 rings (SSSR count). The first-order valence-corrected chi connectivity index (χ1v) is 5.45. The highest BCUT2D eigenvalue weighted by molar-refractivity contribution is 5.01. The molecule has 0 spiro atoms. The summed E-state index contributed by atoms with van der Waals surface area (Å²) in [5, 5.41) is 9.42. The largest absolute Gasteiger partial charge is 0.393 e. The number of aliphatic hydroxyl groups excluding tert-OH is 1. The van der Waals surface area contributed by atoms with Crippen LogP contribution in [0.5, 0.6) is 0 Å². The lowest BCUT2D eigenvalue weighted by Crippen LogP contribution is -2.37. The Labute approximate surface area is 90.0 Å². The summed E-state index contributed by atoms with van der Waals surface area (Å²) < 4.78 is 0. The molecule has 15 heavy (non-hydrogen) atoms. The average molecular weight is 207 g/mol. The van der Waals surface area contributed by atoms with Crippen LogP contribution in [0, 0.1) is 0 Å². The van der Waals surface area contributed by atoms with E-state index in [4.69, 9.17) is 0 Å². The zero-order valence-electron chi connectivity index (χ0n) is 9.00. The minimum absolute atomic E-state index is 0.115. The monoisotopic (exact) mass is 207 g/mol. The number of likely N-dealkylation sites (tertiary alicyclic amines) is 1. The van der Waals surface area contributed by atoms with E-state index in [0.717, 1.165) is 31.6 Å². The Morgan fingerprint density at radius 1 is 1.40 bits per heavy atom. The molecule has 1 aromatic heterocycles. The summed E-state index contributed by atoms with van der Waals surface area (Å²) in [6, 6.07) is 0.297. The van der Waals surface area contributed by atoms with Gasteiger partial charge in [-0.25, -0.2) is 0 Å². The average Bonchev–Trinajstić information content (AvgIpc) is 2.30. The predicted octanol–water partition coefficient (Wildman–Crippen LogP) is 0.994. The van der Waals surface area contributed by atoms with Crippen molar-refractivity contribution in [3.8, 4) is 0 Å². The quantitative estimate of drug-likeness (QED) is 0.786. The molecular formula is C11H17N3O. The summed E-state index contributed by atoms with van der Waals surface area (Å²) in [6.45, 7) is 4.03. The summed E-state index contributed by atoms with van der Waals surface area (Å²) in [6.07, 6.45) is 6.85. The van der Waals surface area contributed by atoms with Crippen molar-refractivity contribution < 1.29 is 5.11 Å². The van der Waals surface area contributed by atoms with Crippen LogP contribution >= 0.6 is 0 Å². The molecular weight excluding hydrogens is 190 g/mol. The van der Waals surface area contributed by atoms with Gasteiger partial charge in [-0.05, 0) is 19.8 Å². The Kier molecular flexibility index (Phi) is 3.28. The van der Waals surface area contributed by atoms with Crippen LogP contribution in [0.15, 0.2) is 18.6 Å². The molecule has 82 valence electrons. The van der Waals surface area contributed by atoms with Crippen molar-refractivity contribution in [2.24, 2.45) is 0 Å². The Balaban J connectivity index is 1.99. The first-order chi connectivity index (χ1) is 7.27. The molecule has 0 aliphatic carbocycles. The van der Waals surface area contributed by atoms with Crippen molar-refractivity contribution in [1.82, 2.24) is 14.9 Å². The minimum Gasteiger partial charge on any atom is -0.393 e. The van der Waals surface area contributed by atoms with E-state index < -0.39 is 0 Å². The molecule has 4 nitrogen and oxygen atoms in total. The molecule has 0 radical (unpaired) electrons. The molecule has 1 atom stereocenters. The van der Waals surface area contributed by atoms with Crippen molar-refractivity contribution in [3.05, 3.63) is 24.3 Å². The minimum atomic E-state index is -0.115. The van der Waals surface area contributed by atoms with Gasteiger partial charge in [-0.2, -0.15) is 0 Å². The van der Waals surface area contributed by atoms with E-state index in [1.54, 1.807) is 12.4 Å². The summed E-state index contributed by atoms with van der Waals surface area (Å²) in [4.78, 5) is 10.7. The maximum Gasteiger partial charge on any atom is 0.0755 e. The molecule has 1 N–H and O–H groups in total. The molecule has 1 unspecified atom stereocenters. The third-order valence-electron chi connectivity index (χ3n) is 3.06. The maximum atomic E-state index is 9.42. The van der Waals surface area contributed by atoms with Crippen LogP contribution in [0.2, 0.25) is 0 Å². The van der Waals surface area contributed by atoms with E-state index in [0.29, 0.717) is 6.04 Å². The first kappa shape index (κ1) is 10.5. The molecule has 1 saturated heterocycles. The molecule has 1 fully saturated rings. The second-order valence-corrected chi connectivity index (χ2v) is 4.07. The normalized spacial score (nSPS) is 21.5. The van der Waals surface area contributed by atoms with Crippen LogP contribution in [0.25, 0.3) is 0 Å². The lowest BCUT2D eigenvalue weighted by molar-refractivity contribution is 0.0635. The van der Waals surface area contributed by atoms with Gasteiger partial charge in [-0.1, -0.05) is 0 Å². The Hall–Kier alpha value is -1.00. The number of hydrogen-bond acceptors (Lipinski definition) is 4. The van der Waals surface area contributed by atoms with Gasteiger partial charge in [-0.15, -0.1) is 0 Å². The van der Waals surface area contributed by atoms with Gasteiger partial charge in [-0.3, -0.25) is 14.9 Å². The van der Waals surface area contributed by atoms with E-state index in [1.807, 2.05) is 6.20 Å². The lowest BCUT2D eigenvalue weighted by atomic mass is 10.1. The van der Waals surface area contributed by atoms with Crippen LogP contribution < -0.4 is 0 Å². The van der Waals surface area contributed by atoms with Crippen molar-refractivity contribution in [2.45, 2.75) is 31.9 Å². The Bertz CT molecular complexity index is 296. The van der Waals surface area contributed by atoms with Crippen LogP contribution in [-0.2, 0) is 0 Å². The van der Waals surface area contributed by atoms with E-state index >= 15 is 0 Å². The van der Waals surface area contributed by atoms with Crippen LogP contribution in [-0.4, -0.2) is 39.2 Å². The van der Waals surface area contributed by atoms with E-state index in [9.17, 15) is 5.11 Å². The number of rotatable bonds is 2. The fourth-order valence-corrected chi connectivity index (χ4v) is 1.99. The summed E-state index contributed by atoms with van der Waals surface area (Å²) in [5.41, 5.74) is 1.01. The van der Waals surface area contributed by atoms with Crippen LogP contribution in [0.1, 0.15) is 31.5 Å². The number of piperidine rings is 1. The number of nitrogens with zero attached hydrogens (tertiary/aromatic N) is 3. The van der Waals surface area contributed by atoms with Crippen molar-refractivity contribution in [1.29, 1.82) is 0 Å². The maximum absolute atomic E-state index is 9.42. The molecule has 2 heterocycles. The third kappa shape index (κ3) is 2.52. The van der Waals surface area contributed by atoms with Gasteiger partial charge >= 0.3 is 0 Å². The molecule has 0 amide bonds. The number of aromatic nitrogens is 2. The standard InChI is InChI=1S/C11H17N3O/c1-9(11-8-12-4-5-13-11)14-6-2-10(15)3-7-14/h4-5,8-10,15H,2-3,6-7H2,1H3. The molecule has 0 saturated carbocycles. The molecule has 0 bridgehead atoms. The van der Waals surface area contributed by atoms with E-state index in [2.05, 4.69) is 21.8 Å². The second-order valence-electron chi connectivity index (χ2n) is 4.07. The molecule has 0 aromatic carbocycles. The molecule has 1 aromatic rings. The first-order valence-electron chi connectivity index (χ1n) is 5.45. The highest BCUT2D eigenvalue weighted by Gasteiger charge is 2.22. The van der Waals surface area contributed by atoms with E-state index in [1.165, 1.54) is 0 Å². The SMILES string of the molecule is CC(c1cnccn1)N1CCC(O)CC1.